The Bertz CT molecular complexity index is 419. The molecule has 0 radical (unpaired) electrons. The van der Waals surface area contributed by atoms with Gasteiger partial charge in [0.25, 0.3) is 10.2 Å². The fourth-order valence-electron chi connectivity index (χ4n) is 3.08. The van der Waals surface area contributed by atoms with Crippen LogP contribution >= 0.6 is 0 Å². The van der Waals surface area contributed by atoms with Gasteiger partial charge in [0.05, 0.1) is 0 Å². The minimum Gasteiger partial charge on any atom is -0.299 e. The van der Waals surface area contributed by atoms with Crippen molar-refractivity contribution in [3.63, 3.8) is 0 Å². The van der Waals surface area contributed by atoms with E-state index in [0.717, 1.165) is 32.1 Å². The summed E-state index contributed by atoms with van der Waals surface area (Å²) in [5.41, 5.74) is 0. The van der Waals surface area contributed by atoms with E-state index in [1.807, 2.05) is 0 Å². The fourth-order valence-corrected chi connectivity index (χ4v) is 4.45. The molecule has 1 heterocycles. The Morgan fingerprint density at radius 1 is 1.17 bits per heavy atom. The molecule has 0 amide bonds. The van der Waals surface area contributed by atoms with Crippen molar-refractivity contribution >= 4 is 16.0 Å². The Morgan fingerprint density at radius 2 is 1.89 bits per heavy atom. The van der Waals surface area contributed by atoms with E-state index in [4.69, 9.17) is 0 Å². The minimum absolute atomic E-state index is 0.0732. The molecule has 2 atom stereocenters. The first-order valence-corrected chi connectivity index (χ1v) is 8.06. The van der Waals surface area contributed by atoms with Crippen LogP contribution in [-0.4, -0.2) is 49.5 Å². The summed E-state index contributed by atoms with van der Waals surface area (Å²) in [7, 11) is -0.286. The third-order valence-corrected chi connectivity index (χ3v) is 6.04. The van der Waals surface area contributed by atoms with Crippen LogP contribution in [0.1, 0.15) is 38.5 Å². The molecule has 0 aromatic rings. The van der Waals surface area contributed by atoms with E-state index < -0.39 is 10.2 Å². The number of carbonyl (C=O) groups excluding carboxylic acids is 1. The Kier molecular flexibility index (Phi) is 4.08. The number of hydrogen-bond donors (Lipinski definition) is 0. The summed E-state index contributed by atoms with van der Waals surface area (Å²) in [6, 6.07) is -0.106. The molecule has 6 heteroatoms. The van der Waals surface area contributed by atoms with Gasteiger partial charge in [0.1, 0.15) is 5.78 Å². The first kappa shape index (κ1) is 14.0. The molecular formula is C12H22N2O3S. The third kappa shape index (κ3) is 2.46. The highest BCUT2D eigenvalue weighted by atomic mass is 32.2. The Hall–Kier alpha value is -0.460. The molecule has 0 aromatic heterocycles. The van der Waals surface area contributed by atoms with Crippen molar-refractivity contribution < 1.29 is 13.2 Å². The molecule has 1 aliphatic heterocycles. The van der Waals surface area contributed by atoms with Crippen molar-refractivity contribution in [2.75, 3.05) is 20.6 Å². The van der Waals surface area contributed by atoms with Crippen LogP contribution in [0.5, 0.6) is 0 Å². The van der Waals surface area contributed by atoms with Crippen LogP contribution in [0.2, 0.25) is 0 Å². The van der Waals surface area contributed by atoms with Crippen LogP contribution < -0.4 is 0 Å². The van der Waals surface area contributed by atoms with E-state index in [0.29, 0.717) is 13.0 Å². The number of ketones is 1. The van der Waals surface area contributed by atoms with Gasteiger partial charge in [0, 0.05) is 39.0 Å². The third-order valence-electron chi connectivity index (χ3n) is 4.07. The highest BCUT2D eigenvalue weighted by molar-refractivity contribution is 7.86. The Balaban J connectivity index is 2.19. The van der Waals surface area contributed by atoms with Crippen LogP contribution in [0.4, 0.5) is 0 Å². The van der Waals surface area contributed by atoms with Crippen molar-refractivity contribution in [3.05, 3.63) is 0 Å². The molecule has 1 saturated heterocycles. The number of hydrogen-bond acceptors (Lipinski definition) is 3. The SMILES string of the molecule is CN(C)S(=O)(=O)N1CCCC1C1CCCCC1=O. The van der Waals surface area contributed by atoms with Gasteiger partial charge < -0.3 is 0 Å². The zero-order valence-electron chi connectivity index (χ0n) is 11.1. The predicted octanol–water partition coefficient (Wildman–Crippen LogP) is 1.02. The van der Waals surface area contributed by atoms with Crippen LogP contribution in [0.15, 0.2) is 0 Å². The van der Waals surface area contributed by atoms with Crippen LogP contribution in [0.3, 0.4) is 0 Å². The van der Waals surface area contributed by atoms with Gasteiger partial charge in [0.15, 0.2) is 0 Å². The summed E-state index contributed by atoms with van der Waals surface area (Å²) in [5, 5.41) is 0. The maximum Gasteiger partial charge on any atom is 0.281 e. The number of carbonyl (C=O) groups is 1. The molecule has 0 N–H and O–H groups in total. The van der Waals surface area contributed by atoms with Gasteiger partial charge in [-0.3, -0.25) is 4.79 Å². The lowest BCUT2D eigenvalue weighted by molar-refractivity contribution is -0.126. The number of Topliss-reactive ketones (excluding diaryl/α,β-unsaturated/α-hetero) is 1. The van der Waals surface area contributed by atoms with E-state index in [1.165, 1.54) is 4.31 Å². The van der Waals surface area contributed by atoms with Crippen molar-refractivity contribution in [2.24, 2.45) is 5.92 Å². The van der Waals surface area contributed by atoms with Crippen LogP contribution in [0, 0.1) is 5.92 Å². The molecule has 1 saturated carbocycles. The Labute approximate surface area is 109 Å². The molecule has 2 fully saturated rings. The van der Waals surface area contributed by atoms with Crippen LogP contribution in [0.25, 0.3) is 0 Å². The molecule has 0 aromatic carbocycles. The molecule has 5 nitrogen and oxygen atoms in total. The lowest BCUT2D eigenvalue weighted by Gasteiger charge is -2.33. The summed E-state index contributed by atoms with van der Waals surface area (Å²) in [6.07, 6.45) is 5.16. The number of nitrogens with zero attached hydrogens (tertiary/aromatic N) is 2. The maximum atomic E-state index is 12.2. The largest absolute Gasteiger partial charge is 0.299 e. The minimum atomic E-state index is -3.38. The molecule has 2 rings (SSSR count). The fraction of sp³-hybridized carbons (Fsp3) is 0.917. The molecular weight excluding hydrogens is 252 g/mol. The van der Waals surface area contributed by atoms with Gasteiger partial charge in [-0.2, -0.15) is 17.0 Å². The van der Waals surface area contributed by atoms with Crippen LogP contribution in [-0.2, 0) is 15.0 Å². The lowest BCUT2D eigenvalue weighted by Crippen LogP contribution is -2.47. The predicted molar refractivity (Wildman–Crippen MR) is 69.3 cm³/mol. The highest BCUT2D eigenvalue weighted by Gasteiger charge is 2.42. The maximum absolute atomic E-state index is 12.2. The Morgan fingerprint density at radius 3 is 2.50 bits per heavy atom. The summed E-state index contributed by atoms with van der Waals surface area (Å²) >= 11 is 0. The van der Waals surface area contributed by atoms with Gasteiger partial charge in [-0.25, -0.2) is 0 Å². The zero-order chi connectivity index (χ0) is 13.3. The van der Waals surface area contributed by atoms with E-state index in [9.17, 15) is 13.2 Å². The lowest BCUT2D eigenvalue weighted by atomic mass is 9.82. The van der Waals surface area contributed by atoms with Gasteiger partial charge in [-0.1, -0.05) is 6.42 Å². The number of rotatable bonds is 3. The van der Waals surface area contributed by atoms with Gasteiger partial charge in [-0.05, 0) is 25.7 Å². The second kappa shape index (κ2) is 5.27. The first-order chi connectivity index (χ1) is 8.44. The second-order valence-corrected chi connectivity index (χ2v) is 7.52. The van der Waals surface area contributed by atoms with Crippen molar-refractivity contribution in [3.8, 4) is 0 Å². The van der Waals surface area contributed by atoms with Crippen molar-refractivity contribution in [2.45, 2.75) is 44.6 Å². The summed E-state index contributed by atoms with van der Waals surface area (Å²) < 4.78 is 27.3. The van der Waals surface area contributed by atoms with Gasteiger partial charge in [0.2, 0.25) is 0 Å². The molecule has 1 aliphatic carbocycles. The monoisotopic (exact) mass is 274 g/mol. The van der Waals surface area contributed by atoms with E-state index in [-0.39, 0.29) is 17.7 Å². The van der Waals surface area contributed by atoms with Gasteiger partial charge in [-0.15, -0.1) is 0 Å². The van der Waals surface area contributed by atoms with Gasteiger partial charge >= 0.3 is 0 Å². The topological polar surface area (TPSA) is 57.7 Å². The summed E-state index contributed by atoms with van der Waals surface area (Å²) in [6.45, 7) is 0.551. The molecule has 2 unspecified atom stereocenters. The smallest absolute Gasteiger partial charge is 0.281 e. The molecule has 0 spiro atoms. The van der Waals surface area contributed by atoms with E-state index >= 15 is 0 Å². The first-order valence-electron chi connectivity index (χ1n) is 6.66. The highest BCUT2D eigenvalue weighted by Crippen LogP contribution is 2.34. The molecule has 104 valence electrons. The summed E-state index contributed by atoms with van der Waals surface area (Å²) in [4.78, 5) is 12.0. The second-order valence-electron chi connectivity index (χ2n) is 5.43. The van der Waals surface area contributed by atoms with E-state index in [1.54, 1.807) is 18.4 Å². The standard InChI is InChI=1S/C12H22N2O3S/c1-13(2)18(16,17)14-9-5-7-11(14)10-6-3-4-8-12(10)15/h10-11H,3-9H2,1-2H3. The average molecular weight is 274 g/mol. The van der Waals surface area contributed by atoms with Crippen molar-refractivity contribution in [1.29, 1.82) is 0 Å². The van der Waals surface area contributed by atoms with E-state index in [2.05, 4.69) is 0 Å². The average Bonchev–Trinajstić information content (AvgIpc) is 2.78. The molecule has 2 aliphatic rings. The normalized spacial score (nSPS) is 31.2. The molecule has 18 heavy (non-hydrogen) atoms. The quantitative estimate of drug-likeness (QED) is 0.772. The summed E-state index contributed by atoms with van der Waals surface area (Å²) in [5.74, 6) is 0.183. The van der Waals surface area contributed by atoms with Crippen molar-refractivity contribution in [1.82, 2.24) is 8.61 Å². The zero-order valence-corrected chi connectivity index (χ0v) is 11.9. The molecule has 0 bridgehead atoms.